The Labute approximate surface area is 549 Å². The van der Waals surface area contributed by atoms with Crippen LogP contribution in [-0.2, 0) is 0 Å². The van der Waals surface area contributed by atoms with Gasteiger partial charge in [-0.05, 0) is 92.1 Å². The number of hydrogen-bond donors (Lipinski definition) is 0. The lowest BCUT2D eigenvalue weighted by Gasteiger charge is -2.42. The molecule has 0 amide bonds. The van der Waals surface area contributed by atoms with Gasteiger partial charge in [0.2, 0.25) is 0 Å². The molecule has 0 heterocycles. The van der Waals surface area contributed by atoms with Gasteiger partial charge in [-0.1, -0.05) is 0 Å². The molecule has 0 aliphatic carbocycles. The molecule has 0 aromatic heterocycles. The topological polar surface area (TPSA) is 55.4 Å². The maximum Gasteiger partial charge on any atom is 0.530 e. The molecule has 106 heavy (non-hydrogen) atoms. The molecule has 0 atom stereocenters. The van der Waals surface area contributed by atoms with Gasteiger partial charge in [-0.25, -0.2) is 0 Å². The third kappa shape index (κ3) is 14.3. The van der Waals surface area contributed by atoms with Crippen LogP contribution in [0.5, 0.6) is 34.5 Å². The monoisotopic (exact) mass is 1700 g/mol. The maximum absolute atomic E-state index is 14.7. The fraction of sp³-hybridized carbons (Fsp3) is 0.625. The minimum absolute atomic E-state index is 0.0204. The summed E-state index contributed by atoms with van der Waals surface area (Å²) < 4.78 is 731. The average molecular weight is 1700 g/mol. The van der Waals surface area contributed by atoms with Gasteiger partial charge in [0.1, 0.15) is 34.5 Å². The Kier molecular flexibility index (Phi) is 23.9. The first-order valence-electron chi connectivity index (χ1n) is 25.3. The van der Waals surface area contributed by atoms with Crippen LogP contribution in [0.3, 0.4) is 0 Å². The smallest absolute Gasteiger partial charge is 0.487 e. The molecule has 0 saturated heterocycles. The molecule has 3 aromatic carbocycles. The molecule has 0 spiro atoms. The highest BCUT2D eigenvalue weighted by molar-refractivity contribution is 7.43. The molecule has 0 fully saturated rings. The third-order valence-corrected chi connectivity index (χ3v) is 14.6. The van der Waals surface area contributed by atoms with Crippen molar-refractivity contribution in [3.8, 4) is 34.5 Å². The number of aryl methyl sites for hydroxylation is 3. The Morgan fingerprint density at radius 2 is 0.349 bits per heavy atom. The predicted octanol–water partition coefficient (Wildman–Crippen LogP) is 22.5. The van der Waals surface area contributed by atoms with Crippen LogP contribution in [0, 0.1) is 20.8 Å². The lowest BCUT2D eigenvalue weighted by atomic mass is 9.89. The van der Waals surface area contributed by atoms with Crippen LogP contribution in [0.1, 0.15) is 16.7 Å². The molecule has 0 N–H and O–H groups in total. The molecule has 0 saturated carbocycles. The van der Waals surface area contributed by atoms with Gasteiger partial charge in [-0.2, -0.15) is 224 Å². The van der Waals surface area contributed by atoms with Gasteiger partial charge in [-0.3, -0.25) is 0 Å². The fourth-order valence-corrected chi connectivity index (χ4v) is 8.33. The highest BCUT2D eigenvalue weighted by Gasteiger charge is 2.99. The Bertz CT molecular complexity index is 3220. The molecule has 0 aliphatic heterocycles. The number of hydrogen-bond acceptors (Lipinski definition) is 6. The van der Waals surface area contributed by atoms with Gasteiger partial charge in [0.05, 0.1) is 0 Å². The SMILES string of the molecule is Cc1cc(OCC(F)(F)C(F)(F)C(F)(F)C(F)(F)C(F)(F)C(F)(F)C(F)(F)C(F)(F)F)ccc1OP(Oc1ccc(OCC(F)(F)C(F)(F)C(F)(F)C(F)(F)C(F)(F)C(F)(F)C(F)(F)C(F)(F)F)cc1C)Oc1ccc(OCC(F)(F)C(F)(F)C(F)(F)C(F)(F)C(F)(F)C(F)(F)C(F)(F)C(F)(F)F)cc1C. The van der Waals surface area contributed by atoms with Gasteiger partial charge in [0.15, 0.2) is 19.8 Å². The standard InChI is InChI=1S/C48H24F51O6P/c1-16-10-19(100-13-25(49,50)28(55,56)31(61,62)34(67,68)37(73,74)40(79,80)43(85,86)46(91,92)93)4-7-22(16)103-106(104-23-8-5-20(11-17(23)2)101-14-26(51,52)29(57,58)32(63,64)35(69,70)38(75,76)41(81,82)44(87,88)47(94,95)96)105-24-9-6-21(12-18(24)3)102-15-27(53,54)30(59,60)33(65,66)36(71,72)39(77,78)42(83,84)45(89,90)48(97,98)99/h4-12H,13-15H2,1-3H3. The first-order chi connectivity index (χ1) is 46.1. The van der Waals surface area contributed by atoms with E-state index in [1.807, 2.05) is 0 Å². The molecule has 0 aliphatic rings. The van der Waals surface area contributed by atoms with Gasteiger partial charge >= 0.3 is 152 Å². The van der Waals surface area contributed by atoms with E-state index in [2.05, 4.69) is 14.2 Å². The molecule has 3 rings (SSSR count). The van der Waals surface area contributed by atoms with Crippen LogP contribution in [0.15, 0.2) is 54.6 Å². The van der Waals surface area contributed by atoms with E-state index >= 15 is 0 Å². The van der Waals surface area contributed by atoms with E-state index in [1.54, 1.807) is 0 Å². The Balaban J connectivity index is 2.14. The summed E-state index contributed by atoms with van der Waals surface area (Å²) in [7, 11) is -3.88. The number of benzene rings is 3. The van der Waals surface area contributed by atoms with E-state index in [-0.39, 0.29) is 54.6 Å². The van der Waals surface area contributed by atoms with E-state index in [4.69, 9.17) is 13.6 Å². The summed E-state index contributed by atoms with van der Waals surface area (Å²) in [5, 5.41) is 0. The minimum atomic E-state index is -9.08. The number of alkyl halides is 51. The van der Waals surface area contributed by atoms with Gasteiger partial charge < -0.3 is 27.8 Å². The fourth-order valence-electron chi connectivity index (χ4n) is 7.12. The predicted molar refractivity (Wildman–Crippen MR) is 241 cm³/mol. The van der Waals surface area contributed by atoms with E-state index in [0.29, 0.717) is 20.8 Å². The van der Waals surface area contributed by atoms with Crippen molar-refractivity contribution in [1.29, 1.82) is 0 Å². The lowest BCUT2D eigenvalue weighted by Crippen LogP contribution is -2.74. The first kappa shape index (κ1) is 93.5. The molecule has 6 nitrogen and oxygen atoms in total. The molecular formula is C48H24F51O6P. The summed E-state index contributed by atoms with van der Waals surface area (Å²) in [6.07, 6.45) is -24.4. The van der Waals surface area contributed by atoms with Crippen molar-refractivity contribution in [2.24, 2.45) is 0 Å². The summed E-state index contributed by atoms with van der Waals surface area (Å²) in [6.45, 7) is -9.24. The quantitative estimate of drug-likeness (QED) is 0.0447. The molecule has 0 radical (unpaired) electrons. The van der Waals surface area contributed by atoms with Crippen molar-refractivity contribution < 1.29 is 252 Å². The van der Waals surface area contributed by atoms with Crippen LogP contribution in [0.25, 0.3) is 0 Å². The summed E-state index contributed by atoms with van der Waals surface area (Å²) >= 11 is 0. The second-order valence-electron chi connectivity index (χ2n) is 21.1. The van der Waals surface area contributed by atoms with Crippen molar-refractivity contribution in [3.63, 3.8) is 0 Å². The summed E-state index contributed by atoms with van der Waals surface area (Å²) in [4.78, 5) is 0. The number of ether oxygens (including phenoxy) is 3. The first-order valence-corrected chi connectivity index (χ1v) is 26.4. The highest BCUT2D eigenvalue weighted by atomic mass is 31.2. The Hall–Kier alpha value is -6.68. The maximum atomic E-state index is 14.7. The van der Waals surface area contributed by atoms with Crippen LogP contribution < -0.4 is 27.8 Å². The summed E-state index contributed by atoms with van der Waals surface area (Å²) in [5.41, 5.74) is -2.73. The molecule has 614 valence electrons. The third-order valence-electron chi connectivity index (χ3n) is 13.6. The van der Waals surface area contributed by atoms with E-state index in [9.17, 15) is 224 Å². The lowest BCUT2D eigenvalue weighted by molar-refractivity contribution is -0.462. The second-order valence-corrected chi connectivity index (χ2v) is 22.1. The molecule has 3 aromatic rings. The van der Waals surface area contributed by atoms with E-state index < -0.39 is 223 Å². The van der Waals surface area contributed by atoms with Gasteiger partial charge in [-0.15, -0.1) is 0 Å². The van der Waals surface area contributed by atoms with Gasteiger partial charge in [0.25, 0.3) is 0 Å². The second kappa shape index (κ2) is 27.1. The molecular weight excluding hydrogens is 1670 g/mol. The van der Waals surface area contributed by atoms with Gasteiger partial charge in [0, 0.05) is 0 Å². The van der Waals surface area contributed by atoms with Crippen molar-refractivity contribution >= 4 is 8.60 Å². The van der Waals surface area contributed by atoms with Crippen molar-refractivity contribution in [1.82, 2.24) is 0 Å². The number of rotatable bonds is 33. The van der Waals surface area contributed by atoms with Crippen LogP contribution in [-0.4, -0.2) is 163 Å². The number of halogens is 51. The average Bonchev–Trinajstić information content (AvgIpc) is 0.705. The normalized spacial score (nSPS) is 15.7. The zero-order valence-electron chi connectivity index (χ0n) is 49.0. The Morgan fingerprint density at radius 1 is 0.208 bits per heavy atom. The molecule has 58 heteroatoms. The largest absolute Gasteiger partial charge is 0.530 e. The van der Waals surface area contributed by atoms with Crippen LogP contribution in [0.4, 0.5) is 224 Å². The highest BCUT2D eigenvalue weighted by Crippen LogP contribution is 2.68. The molecule has 0 unspecified atom stereocenters. The van der Waals surface area contributed by atoms with E-state index in [1.165, 1.54) is 0 Å². The van der Waals surface area contributed by atoms with Crippen molar-refractivity contribution in [2.45, 2.75) is 164 Å². The zero-order chi connectivity index (χ0) is 84.5. The van der Waals surface area contributed by atoms with Crippen molar-refractivity contribution in [3.05, 3.63) is 71.3 Å². The molecule has 0 bridgehead atoms. The Morgan fingerprint density at radius 3 is 0.491 bits per heavy atom. The minimum Gasteiger partial charge on any atom is -0.487 e. The zero-order valence-corrected chi connectivity index (χ0v) is 49.9. The van der Waals surface area contributed by atoms with Crippen molar-refractivity contribution in [2.75, 3.05) is 19.8 Å². The summed E-state index contributed by atoms with van der Waals surface area (Å²) in [6, 6.07) is 0.859. The van der Waals surface area contributed by atoms with Crippen LogP contribution >= 0.6 is 8.60 Å². The van der Waals surface area contributed by atoms with E-state index in [0.717, 1.165) is 0 Å². The summed E-state index contributed by atoms with van der Waals surface area (Å²) in [5.74, 6) is -188. The van der Waals surface area contributed by atoms with Crippen LogP contribution in [0.2, 0.25) is 0 Å².